The number of aromatic nitrogens is 3. The molecule has 22 heavy (non-hydrogen) atoms. The minimum absolute atomic E-state index is 0.179. The van der Waals surface area contributed by atoms with Crippen molar-refractivity contribution in [2.45, 2.75) is 13.3 Å². The fourth-order valence-electron chi connectivity index (χ4n) is 2.08. The SMILES string of the molecule is Cc1nn2c(C(F)F)cc(-c3ccc(Cl)c(Cl)c3)nc2c1Cl. The number of halogens is 5. The second-order valence-corrected chi connectivity index (χ2v) is 5.82. The Morgan fingerprint density at radius 2 is 1.82 bits per heavy atom. The van der Waals surface area contributed by atoms with Crippen molar-refractivity contribution < 1.29 is 8.78 Å². The zero-order valence-corrected chi connectivity index (χ0v) is 13.4. The highest BCUT2D eigenvalue weighted by Gasteiger charge is 2.20. The summed E-state index contributed by atoms with van der Waals surface area (Å²) in [5.74, 6) is 0. The predicted octanol–water partition coefficient (Wildman–Crippen LogP) is 5.60. The molecule has 0 aliphatic heterocycles. The maximum Gasteiger partial charge on any atom is 0.280 e. The Morgan fingerprint density at radius 3 is 2.45 bits per heavy atom. The highest BCUT2D eigenvalue weighted by Crippen LogP contribution is 2.32. The number of aryl methyl sites for hydroxylation is 1. The third kappa shape index (κ3) is 2.53. The lowest BCUT2D eigenvalue weighted by atomic mass is 10.1. The van der Waals surface area contributed by atoms with Crippen molar-refractivity contribution in [1.29, 1.82) is 0 Å². The zero-order valence-electron chi connectivity index (χ0n) is 11.1. The standard InChI is InChI=1S/C14H8Cl3F2N3/c1-6-12(17)14-20-10(5-11(13(18)19)22(14)21-6)7-2-3-8(15)9(16)4-7/h2-5,13H,1H3. The van der Waals surface area contributed by atoms with Crippen LogP contribution in [0.4, 0.5) is 8.78 Å². The number of benzene rings is 1. The van der Waals surface area contributed by atoms with E-state index in [-0.39, 0.29) is 16.4 Å². The van der Waals surface area contributed by atoms with Crippen LogP contribution in [0.3, 0.4) is 0 Å². The fourth-order valence-corrected chi connectivity index (χ4v) is 2.54. The average Bonchev–Trinajstić information content (AvgIpc) is 2.76. The van der Waals surface area contributed by atoms with Gasteiger partial charge in [0.1, 0.15) is 10.7 Å². The van der Waals surface area contributed by atoms with E-state index in [2.05, 4.69) is 10.1 Å². The summed E-state index contributed by atoms with van der Waals surface area (Å²) in [5, 5.41) is 4.92. The summed E-state index contributed by atoms with van der Waals surface area (Å²) in [4.78, 5) is 4.31. The number of alkyl halides is 2. The maximum atomic E-state index is 13.3. The topological polar surface area (TPSA) is 30.2 Å². The molecule has 3 nitrogen and oxygen atoms in total. The van der Waals surface area contributed by atoms with Crippen LogP contribution in [0.25, 0.3) is 16.9 Å². The quantitative estimate of drug-likeness (QED) is 0.594. The van der Waals surface area contributed by atoms with Gasteiger partial charge in [-0.15, -0.1) is 0 Å². The first-order chi connectivity index (χ1) is 10.4. The smallest absolute Gasteiger partial charge is 0.227 e. The van der Waals surface area contributed by atoms with Gasteiger partial charge in [0, 0.05) is 5.56 Å². The van der Waals surface area contributed by atoms with Crippen molar-refractivity contribution in [3.8, 4) is 11.3 Å². The van der Waals surface area contributed by atoms with E-state index in [1.807, 2.05) is 0 Å². The fraction of sp³-hybridized carbons (Fsp3) is 0.143. The lowest BCUT2D eigenvalue weighted by Crippen LogP contribution is -2.02. The normalized spacial score (nSPS) is 11.6. The van der Waals surface area contributed by atoms with Crippen molar-refractivity contribution >= 4 is 40.4 Å². The molecule has 8 heteroatoms. The van der Waals surface area contributed by atoms with E-state index < -0.39 is 6.43 Å². The molecular weight excluding hydrogens is 355 g/mol. The van der Waals surface area contributed by atoms with Gasteiger partial charge in [-0.25, -0.2) is 18.3 Å². The third-order valence-electron chi connectivity index (χ3n) is 3.16. The third-order valence-corrected chi connectivity index (χ3v) is 4.34. The summed E-state index contributed by atoms with van der Waals surface area (Å²) < 4.78 is 27.7. The van der Waals surface area contributed by atoms with E-state index in [9.17, 15) is 8.78 Å². The van der Waals surface area contributed by atoms with E-state index in [1.165, 1.54) is 6.07 Å². The minimum atomic E-state index is -2.72. The lowest BCUT2D eigenvalue weighted by molar-refractivity contribution is 0.143. The van der Waals surface area contributed by atoms with Crippen molar-refractivity contribution in [2.24, 2.45) is 0 Å². The molecule has 2 heterocycles. The van der Waals surface area contributed by atoms with Gasteiger partial charge in [-0.05, 0) is 25.1 Å². The predicted molar refractivity (Wildman–Crippen MR) is 83.1 cm³/mol. The van der Waals surface area contributed by atoms with Crippen LogP contribution in [-0.4, -0.2) is 14.6 Å². The van der Waals surface area contributed by atoms with Gasteiger partial charge in [0.15, 0.2) is 5.65 Å². The Morgan fingerprint density at radius 1 is 1.09 bits per heavy atom. The van der Waals surface area contributed by atoms with Crippen LogP contribution in [0.15, 0.2) is 24.3 Å². The molecule has 0 atom stereocenters. The Balaban J connectivity index is 2.30. The van der Waals surface area contributed by atoms with Crippen LogP contribution in [0.1, 0.15) is 17.8 Å². The molecule has 0 aliphatic rings. The highest BCUT2D eigenvalue weighted by atomic mass is 35.5. The second kappa shape index (κ2) is 5.65. The van der Waals surface area contributed by atoms with Gasteiger partial charge in [0.05, 0.1) is 21.4 Å². The zero-order chi connectivity index (χ0) is 16.0. The Bertz CT molecular complexity index is 877. The number of fused-ring (bicyclic) bond motifs is 1. The van der Waals surface area contributed by atoms with E-state index in [0.717, 1.165) is 4.52 Å². The molecule has 0 saturated heterocycles. The van der Waals surface area contributed by atoms with Gasteiger partial charge in [-0.1, -0.05) is 40.9 Å². The summed E-state index contributed by atoms with van der Waals surface area (Å²) in [5.41, 5.74) is 1.21. The molecular formula is C14H8Cl3F2N3. The van der Waals surface area contributed by atoms with Crippen molar-refractivity contribution in [3.63, 3.8) is 0 Å². The summed E-state index contributed by atoms with van der Waals surface area (Å²) in [7, 11) is 0. The largest absolute Gasteiger partial charge is 0.280 e. The number of hydrogen-bond acceptors (Lipinski definition) is 2. The van der Waals surface area contributed by atoms with Gasteiger partial charge < -0.3 is 0 Å². The van der Waals surface area contributed by atoms with Gasteiger partial charge in [0.2, 0.25) is 0 Å². The van der Waals surface area contributed by atoms with Crippen LogP contribution in [0, 0.1) is 6.92 Å². The van der Waals surface area contributed by atoms with Crippen LogP contribution >= 0.6 is 34.8 Å². The van der Waals surface area contributed by atoms with Gasteiger partial charge >= 0.3 is 0 Å². The monoisotopic (exact) mass is 361 g/mol. The first-order valence-electron chi connectivity index (χ1n) is 6.18. The van der Waals surface area contributed by atoms with Crippen LogP contribution < -0.4 is 0 Å². The highest BCUT2D eigenvalue weighted by molar-refractivity contribution is 6.42. The van der Waals surface area contributed by atoms with Crippen molar-refractivity contribution in [2.75, 3.05) is 0 Å². The molecule has 2 aromatic heterocycles. The van der Waals surface area contributed by atoms with Crippen molar-refractivity contribution in [1.82, 2.24) is 14.6 Å². The van der Waals surface area contributed by atoms with Crippen LogP contribution in [-0.2, 0) is 0 Å². The van der Waals surface area contributed by atoms with Gasteiger partial charge in [-0.3, -0.25) is 0 Å². The lowest BCUT2D eigenvalue weighted by Gasteiger charge is -2.08. The first-order valence-corrected chi connectivity index (χ1v) is 7.31. The average molecular weight is 363 g/mol. The molecule has 0 unspecified atom stereocenters. The van der Waals surface area contributed by atoms with Gasteiger partial charge in [-0.2, -0.15) is 5.10 Å². The number of nitrogens with zero attached hydrogens (tertiary/aromatic N) is 3. The summed E-state index contributed by atoms with van der Waals surface area (Å²) in [6, 6.07) is 6.06. The molecule has 0 spiro atoms. The van der Waals surface area contributed by atoms with Crippen LogP contribution in [0.2, 0.25) is 15.1 Å². The van der Waals surface area contributed by atoms with Crippen LogP contribution in [0.5, 0.6) is 0 Å². The first kappa shape index (κ1) is 15.5. The molecule has 0 N–H and O–H groups in total. The maximum absolute atomic E-state index is 13.3. The molecule has 0 amide bonds. The molecule has 1 aromatic carbocycles. The summed E-state index contributed by atoms with van der Waals surface area (Å²) >= 11 is 17.9. The van der Waals surface area contributed by atoms with E-state index in [4.69, 9.17) is 34.8 Å². The Hall–Kier alpha value is -1.43. The molecule has 0 bridgehead atoms. The second-order valence-electron chi connectivity index (χ2n) is 4.63. The number of rotatable bonds is 2. The van der Waals surface area contributed by atoms with Gasteiger partial charge in [0.25, 0.3) is 6.43 Å². The van der Waals surface area contributed by atoms with E-state index >= 15 is 0 Å². The van der Waals surface area contributed by atoms with E-state index in [0.29, 0.717) is 27.0 Å². The molecule has 0 saturated carbocycles. The Kier molecular flexibility index (Phi) is 3.97. The van der Waals surface area contributed by atoms with Crippen molar-refractivity contribution in [3.05, 3.63) is 50.7 Å². The summed E-state index contributed by atoms with van der Waals surface area (Å²) in [6.07, 6.45) is -2.72. The number of hydrogen-bond donors (Lipinski definition) is 0. The molecule has 3 aromatic rings. The molecule has 0 radical (unpaired) electrons. The Labute approximate surface area is 139 Å². The molecule has 0 aliphatic carbocycles. The molecule has 114 valence electrons. The molecule has 0 fully saturated rings. The molecule has 3 rings (SSSR count). The summed E-state index contributed by atoms with van der Waals surface area (Å²) in [6.45, 7) is 1.63. The van der Waals surface area contributed by atoms with E-state index in [1.54, 1.807) is 25.1 Å². The minimum Gasteiger partial charge on any atom is -0.227 e.